The Morgan fingerprint density at radius 3 is 1.80 bits per heavy atom. The Labute approximate surface area is 381 Å². The van der Waals surface area contributed by atoms with E-state index in [1.54, 1.807) is 49.4 Å². The van der Waals surface area contributed by atoms with Crippen molar-refractivity contribution in [2.75, 3.05) is 23.8 Å². The highest BCUT2D eigenvalue weighted by molar-refractivity contribution is 6.35. The number of aromatic nitrogens is 2. The number of ether oxygens (including phenoxy) is 1. The maximum absolute atomic E-state index is 12.6. The molecule has 64 heavy (non-hydrogen) atoms. The van der Waals surface area contributed by atoms with Crippen LogP contribution in [0.4, 0.5) is 28.4 Å². The molecule has 5 aromatic rings. The van der Waals surface area contributed by atoms with E-state index in [2.05, 4.69) is 46.2 Å². The molecule has 4 aromatic carbocycles. The summed E-state index contributed by atoms with van der Waals surface area (Å²) in [4.78, 5) is 34.9. The zero-order valence-electron chi connectivity index (χ0n) is 35.4. The van der Waals surface area contributed by atoms with Gasteiger partial charge in [-0.1, -0.05) is 73.4 Å². The number of benzene rings is 4. The van der Waals surface area contributed by atoms with Crippen LogP contribution in [0.5, 0.6) is 0 Å². The molecule has 0 radical (unpaired) electrons. The van der Waals surface area contributed by atoms with E-state index in [1.807, 2.05) is 19.9 Å². The minimum Gasteiger partial charge on any atom is -0.418 e. The Kier molecular flexibility index (Phi) is 19.1. The van der Waals surface area contributed by atoms with Gasteiger partial charge in [-0.15, -0.1) is 10.2 Å². The third-order valence-electron chi connectivity index (χ3n) is 9.62. The van der Waals surface area contributed by atoms with Crippen molar-refractivity contribution in [3.05, 3.63) is 145 Å². The molecule has 6 N–H and O–H groups in total. The number of nitrogens with one attached hydrogen (secondary N) is 4. The van der Waals surface area contributed by atoms with Crippen LogP contribution in [0.3, 0.4) is 0 Å². The zero-order valence-corrected chi connectivity index (χ0v) is 37.0. The van der Waals surface area contributed by atoms with Gasteiger partial charge < -0.3 is 30.0 Å². The molecule has 18 heteroatoms. The Morgan fingerprint density at radius 2 is 1.34 bits per heavy atom. The lowest BCUT2D eigenvalue weighted by Crippen LogP contribution is -2.52. The number of nitriles is 1. The highest BCUT2D eigenvalue weighted by Crippen LogP contribution is 2.37. The molecule has 2 amide bonds. The highest BCUT2D eigenvalue weighted by atomic mass is 35.5. The van der Waals surface area contributed by atoms with Gasteiger partial charge in [-0.05, 0) is 87.1 Å². The van der Waals surface area contributed by atoms with E-state index in [1.165, 1.54) is 50.1 Å². The Bertz CT molecular complexity index is 2540. The number of nitrogens with zero attached hydrogens (tertiary/aromatic N) is 6. The van der Waals surface area contributed by atoms with Crippen molar-refractivity contribution >= 4 is 63.5 Å². The lowest BCUT2D eigenvalue weighted by Gasteiger charge is -2.24. The fourth-order valence-electron chi connectivity index (χ4n) is 6.11. The monoisotopic (exact) mass is 904 g/mol. The predicted molar refractivity (Wildman–Crippen MR) is 244 cm³/mol. The molecule has 2 heterocycles. The van der Waals surface area contributed by atoms with Crippen LogP contribution < -0.4 is 21.5 Å². The number of aliphatic hydroxyl groups is 2. The molecule has 1 saturated heterocycles. The molecule has 6 rings (SSSR count). The maximum Gasteiger partial charge on any atom is 0.269 e. The summed E-state index contributed by atoms with van der Waals surface area (Å²) in [5.41, 5.74) is 9.71. The van der Waals surface area contributed by atoms with Gasteiger partial charge in [0.2, 0.25) is 23.2 Å². The van der Waals surface area contributed by atoms with E-state index in [-0.39, 0.29) is 16.5 Å². The second kappa shape index (κ2) is 24.6. The topological polar surface area (TPSA) is 208 Å². The van der Waals surface area contributed by atoms with Crippen molar-refractivity contribution in [3.8, 4) is 17.5 Å². The molecule has 0 bridgehead atoms. The number of hydrogen-bond donors (Lipinski definition) is 6. The quantitative estimate of drug-likeness (QED) is 0.0514. The number of aliphatic hydroxyl groups excluding tert-OH is 2. The van der Waals surface area contributed by atoms with Crippen LogP contribution in [0, 0.1) is 31.0 Å². The average Bonchev–Trinajstić information content (AvgIpc) is 4.06. The first-order valence-electron chi connectivity index (χ1n) is 20.1. The molecule has 2 unspecified atom stereocenters. The number of carbonyl (C=O) groups is 2. The van der Waals surface area contributed by atoms with Gasteiger partial charge in [0.15, 0.2) is 5.69 Å². The smallest absolute Gasteiger partial charge is 0.269 e. The number of anilines is 2. The molecule has 330 valence electrons. The Hall–Kier alpha value is -7.02. The van der Waals surface area contributed by atoms with Crippen molar-refractivity contribution in [1.29, 1.82) is 5.26 Å². The van der Waals surface area contributed by atoms with Gasteiger partial charge in [-0.3, -0.25) is 20.4 Å². The second-order valence-electron chi connectivity index (χ2n) is 14.1. The first-order valence-corrected chi connectivity index (χ1v) is 20.8. The van der Waals surface area contributed by atoms with E-state index in [0.29, 0.717) is 68.9 Å². The number of hydrazine groups is 1. The summed E-state index contributed by atoms with van der Waals surface area (Å²) in [6.07, 6.45) is 1.74. The lowest BCUT2D eigenvalue weighted by atomic mass is 10.1. The summed E-state index contributed by atoms with van der Waals surface area (Å²) >= 11 is 12.6. The van der Waals surface area contributed by atoms with Crippen molar-refractivity contribution in [3.63, 3.8) is 0 Å². The van der Waals surface area contributed by atoms with Gasteiger partial charge in [-0.25, -0.2) is 14.5 Å². The molecule has 0 saturated carbocycles. The van der Waals surface area contributed by atoms with Gasteiger partial charge in [0.1, 0.15) is 12.1 Å². The van der Waals surface area contributed by atoms with Crippen molar-refractivity contribution in [1.82, 2.24) is 21.0 Å². The number of rotatable bonds is 12. The summed E-state index contributed by atoms with van der Waals surface area (Å²) in [5, 5.41) is 44.1. The molecule has 1 aromatic heterocycles. The summed E-state index contributed by atoms with van der Waals surface area (Å²) in [6.45, 7) is 30.2. The van der Waals surface area contributed by atoms with E-state index >= 15 is 0 Å². The van der Waals surface area contributed by atoms with E-state index in [0.717, 1.165) is 18.8 Å². The maximum atomic E-state index is 12.6. The molecular formula is C46H46Cl2N10O6. The van der Waals surface area contributed by atoms with Gasteiger partial charge >= 0.3 is 0 Å². The zero-order chi connectivity index (χ0) is 46.8. The molecule has 0 aliphatic carbocycles. The fourth-order valence-corrected chi connectivity index (χ4v) is 6.79. The van der Waals surface area contributed by atoms with Crippen LogP contribution in [-0.4, -0.2) is 63.7 Å². The minimum absolute atomic E-state index is 0.219. The Balaban J connectivity index is 0.000000252. The summed E-state index contributed by atoms with van der Waals surface area (Å²) in [7, 11) is 0. The normalized spacial score (nSPS) is 13.2. The standard InChI is InChI=1S/C21H20ClN5O3.C21H18ClN5O2.C4H8O/c1-4-15-16(9-10-17(24-3)18(15)22)25-19(12(2)28)21(30)27-26-20(29)14-7-5-13(11-23)6-8-14;1-5-15-16(10-11-17(24-4)18(15)22)25-19(12(2)28)21-27-26-20(29-21)13-6-8-14(23-3)9-7-13;1-2-4-5-3-1/h5-10,12,19,25,28H,4H2,1-2H3,(H,26,29)(H,27,30);6-12,19,25,28H,5H2,1-2H3;1-4H2/t2*12?,19-;/m11./s1. The van der Waals surface area contributed by atoms with Crippen LogP contribution in [0.15, 0.2) is 77.2 Å². The van der Waals surface area contributed by atoms with Crippen LogP contribution in [0.2, 0.25) is 10.0 Å². The van der Waals surface area contributed by atoms with Gasteiger partial charge in [0.05, 0.1) is 53.6 Å². The molecule has 1 aliphatic heterocycles. The highest BCUT2D eigenvalue weighted by Gasteiger charge is 2.27. The molecule has 1 aliphatic rings. The molecular weight excluding hydrogens is 859 g/mol. The fraction of sp³-hybridized carbons (Fsp3) is 0.304. The third kappa shape index (κ3) is 13.2. The van der Waals surface area contributed by atoms with E-state index in [4.69, 9.17) is 57.3 Å². The summed E-state index contributed by atoms with van der Waals surface area (Å²) in [6, 6.07) is 19.4. The largest absolute Gasteiger partial charge is 0.418 e. The van der Waals surface area contributed by atoms with Crippen LogP contribution in [0.1, 0.15) is 79.5 Å². The predicted octanol–water partition coefficient (Wildman–Crippen LogP) is 9.33. The number of hydrogen-bond acceptors (Lipinski definition) is 11. The first kappa shape index (κ1) is 49.6. The van der Waals surface area contributed by atoms with E-state index in [9.17, 15) is 19.8 Å². The van der Waals surface area contributed by atoms with Crippen LogP contribution in [0.25, 0.3) is 26.0 Å². The molecule has 4 atom stereocenters. The van der Waals surface area contributed by atoms with Crippen molar-refractivity contribution < 1.29 is 29.0 Å². The summed E-state index contributed by atoms with van der Waals surface area (Å²) < 4.78 is 10.7. The van der Waals surface area contributed by atoms with Crippen molar-refractivity contribution in [2.24, 2.45) is 0 Å². The minimum atomic E-state index is -1.10. The van der Waals surface area contributed by atoms with Gasteiger partial charge in [0, 0.05) is 35.7 Å². The van der Waals surface area contributed by atoms with Gasteiger partial charge in [-0.2, -0.15) is 5.26 Å². The second-order valence-corrected chi connectivity index (χ2v) is 14.8. The number of halogens is 2. The van der Waals surface area contributed by atoms with Crippen molar-refractivity contribution in [2.45, 2.75) is 77.7 Å². The SMILES string of the molecule is C1CCOC1.[C-]#[N+]c1ccc(-c2nnc([C@H](Nc3ccc([N+]#[C-])c(Cl)c3CC)C(C)O)o2)cc1.[C-]#[N+]c1ccc(N[C@@H](C(=O)NNC(=O)c2ccc(C#N)cc2)C(C)O)c(CC)c1Cl. The van der Waals surface area contributed by atoms with Crippen LogP contribution in [-0.2, 0) is 22.4 Å². The molecule has 0 spiro atoms. The average molecular weight is 906 g/mol. The van der Waals surface area contributed by atoms with E-state index < -0.39 is 36.1 Å². The summed E-state index contributed by atoms with van der Waals surface area (Å²) in [5.74, 6) is -0.729. The number of carbonyl (C=O) groups excluding carboxylic acids is 2. The number of amides is 2. The molecule has 1 fully saturated rings. The van der Waals surface area contributed by atoms with Crippen LogP contribution >= 0.6 is 23.2 Å². The third-order valence-corrected chi connectivity index (χ3v) is 10.5. The lowest BCUT2D eigenvalue weighted by molar-refractivity contribution is -0.124. The molecule has 16 nitrogen and oxygen atoms in total. The first-order chi connectivity index (χ1) is 30.8. The van der Waals surface area contributed by atoms with Gasteiger partial charge in [0.25, 0.3) is 11.8 Å². The Morgan fingerprint density at radius 1 is 0.781 bits per heavy atom.